The SMILES string of the molecule is Cc1ccc(CNC[C@]2(O)CCCN(C)C2)o1. The molecule has 1 atom stereocenters. The van der Waals surface area contributed by atoms with Crippen LogP contribution in [-0.2, 0) is 6.54 Å². The van der Waals surface area contributed by atoms with Crippen LogP contribution in [0.2, 0.25) is 0 Å². The number of likely N-dealkylation sites (N-methyl/N-ethyl adjacent to an activating group) is 1. The minimum atomic E-state index is -0.589. The van der Waals surface area contributed by atoms with Crippen LogP contribution >= 0.6 is 0 Å². The number of hydrogen-bond donors (Lipinski definition) is 2. The van der Waals surface area contributed by atoms with E-state index in [9.17, 15) is 5.11 Å². The summed E-state index contributed by atoms with van der Waals surface area (Å²) in [5, 5.41) is 13.7. The Bertz CT molecular complexity index is 364. The summed E-state index contributed by atoms with van der Waals surface area (Å²) >= 11 is 0. The molecule has 1 fully saturated rings. The van der Waals surface area contributed by atoms with Gasteiger partial charge in [0.15, 0.2) is 0 Å². The van der Waals surface area contributed by atoms with E-state index in [-0.39, 0.29) is 0 Å². The van der Waals surface area contributed by atoms with Gasteiger partial charge in [-0.2, -0.15) is 0 Å². The van der Waals surface area contributed by atoms with Crippen molar-refractivity contribution in [2.24, 2.45) is 0 Å². The number of likely N-dealkylation sites (tertiary alicyclic amines) is 1. The third-order valence-electron chi connectivity index (χ3n) is 3.30. The monoisotopic (exact) mass is 238 g/mol. The summed E-state index contributed by atoms with van der Waals surface area (Å²) in [6.45, 7) is 5.07. The van der Waals surface area contributed by atoms with Crippen LogP contribution < -0.4 is 5.32 Å². The van der Waals surface area contributed by atoms with E-state index in [0.717, 1.165) is 37.5 Å². The van der Waals surface area contributed by atoms with E-state index in [2.05, 4.69) is 17.3 Å². The fourth-order valence-electron chi connectivity index (χ4n) is 2.48. The number of β-amino-alcohol motifs (C(OH)–C–C–N with tert-alkyl or cyclic N) is 1. The molecular weight excluding hydrogens is 216 g/mol. The molecule has 1 aromatic rings. The first-order chi connectivity index (χ1) is 8.07. The molecule has 0 radical (unpaired) electrons. The predicted octanol–water partition coefficient (Wildman–Crippen LogP) is 1.13. The van der Waals surface area contributed by atoms with Crippen LogP contribution in [0.4, 0.5) is 0 Å². The first kappa shape index (κ1) is 12.6. The lowest BCUT2D eigenvalue weighted by Crippen LogP contribution is -2.52. The molecule has 4 heteroatoms. The lowest BCUT2D eigenvalue weighted by molar-refractivity contribution is -0.0220. The summed E-state index contributed by atoms with van der Waals surface area (Å²) in [5.41, 5.74) is -0.589. The molecule has 0 saturated carbocycles. The molecule has 17 heavy (non-hydrogen) atoms. The van der Waals surface area contributed by atoms with Gasteiger partial charge in [-0.15, -0.1) is 0 Å². The number of aliphatic hydroxyl groups is 1. The maximum atomic E-state index is 10.4. The van der Waals surface area contributed by atoms with Gasteiger partial charge in [-0.25, -0.2) is 0 Å². The summed E-state index contributed by atoms with van der Waals surface area (Å²) in [5.74, 6) is 1.85. The van der Waals surface area contributed by atoms with E-state index < -0.39 is 5.60 Å². The first-order valence-corrected chi connectivity index (χ1v) is 6.24. The predicted molar refractivity (Wildman–Crippen MR) is 66.8 cm³/mol. The molecule has 4 nitrogen and oxygen atoms in total. The zero-order chi connectivity index (χ0) is 12.3. The molecule has 1 saturated heterocycles. The van der Waals surface area contributed by atoms with Crippen LogP contribution in [0.25, 0.3) is 0 Å². The molecule has 0 bridgehead atoms. The van der Waals surface area contributed by atoms with Gasteiger partial charge in [0.25, 0.3) is 0 Å². The molecule has 2 heterocycles. The van der Waals surface area contributed by atoms with Crippen molar-refractivity contribution in [3.63, 3.8) is 0 Å². The Labute approximate surface area is 103 Å². The second-order valence-electron chi connectivity index (χ2n) is 5.18. The second kappa shape index (κ2) is 5.21. The molecule has 2 N–H and O–H groups in total. The Hall–Kier alpha value is -0.840. The molecular formula is C13H22N2O2. The van der Waals surface area contributed by atoms with Gasteiger partial charge in [-0.05, 0) is 45.5 Å². The summed E-state index contributed by atoms with van der Waals surface area (Å²) < 4.78 is 5.47. The standard InChI is InChI=1S/C13H22N2O2/c1-11-4-5-12(17-11)8-14-9-13(16)6-3-7-15(2)10-13/h4-5,14,16H,3,6-10H2,1-2H3/t13-/m1/s1. The van der Waals surface area contributed by atoms with Gasteiger partial charge in [0.05, 0.1) is 12.1 Å². The molecule has 0 aliphatic carbocycles. The Morgan fingerprint density at radius 2 is 2.35 bits per heavy atom. The van der Waals surface area contributed by atoms with Crippen molar-refractivity contribution in [1.29, 1.82) is 0 Å². The third-order valence-corrected chi connectivity index (χ3v) is 3.30. The van der Waals surface area contributed by atoms with Gasteiger partial charge >= 0.3 is 0 Å². The number of furan rings is 1. The zero-order valence-electron chi connectivity index (χ0n) is 10.7. The lowest BCUT2D eigenvalue weighted by atomic mass is 9.93. The van der Waals surface area contributed by atoms with E-state index in [1.807, 2.05) is 19.1 Å². The molecule has 0 aromatic carbocycles. The number of rotatable bonds is 4. The number of hydrogen-bond acceptors (Lipinski definition) is 4. The highest BCUT2D eigenvalue weighted by molar-refractivity contribution is 5.05. The molecule has 1 aliphatic rings. The van der Waals surface area contributed by atoms with Crippen molar-refractivity contribution in [3.8, 4) is 0 Å². The topological polar surface area (TPSA) is 48.6 Å². The smallest absolute Gasteiger partial charge is 0.117 e. The second-order valence-corrected chi connectivity index (χ2v) is 5.18. The maximum Gasteiger partial charge on any atom is 0.117 e. The Balaban J connectivity index is 1.77. The van der Waals surface area contributed by atoms with E-state index in [4.69, 9.17) is 4.42 Å². The van der Waals surface area contributed by atoms with Crippen molar-refractivity contribution in [1.82, 2.24) is 10.2 Å². The average Bonchev–Trinajstić information content (AvgIpc) is 2.63. The highest BCUT2D eigenvalue weighted by atomic mass is 16.3. The largest absolute Gasteiger partial charge is 0.465 e. The van der Waals surface area contributed by atoms with Crippen molar-refractivity contribution in [2.75, 3.05) is 26.7 Å². The molecule has 1 aliphatic heterocycles. The zero-order valence-corrected chi connectivity index (χ0v) is 10.7. The molecule has 2 rings (SSSR count). The summed E-state index contributed by atoms with van der Waals surface area (Å²) in [6.07, 6.45) is 1.94. The number of aryl methyl sites for hydroxylation is 1. The average molecular weight is 238 g/mol. The van der Waals surface area contributed by atoms with Crippen LogP contribution in [-0.4, -0.2) is 42.3 Å². The number of nitrogens with zero attached hydrogens (tertiary/aromatic N) is 1. The van der Waals surface area contributed by atoms with Crippen LogP contribution in [0.1, 0.15) is 24.4 Å². The number of piperidine rings is 1. The Morgan fingerprint density at radius 3 is 3.00 bits per heavy atom. The van der Waals surface area contributed by atoms with Crippen LogP contribution in [0.3, 0.4) is 0 Å². The minimum absolute atomic E-state index is 0.589. The molecule has 1 aromatic heterocycles. The van der Waals surface area contributed by atoms with Crippen molar-refractivity contribution in [3.05, 3.63) is 23.7 Å². The maximum absolute atomic E-state index is 10.4. The van der Waals surface area contributed by atoms with Crippen LogP contribution in [0, 0.1) is 6.92 Å². The lowest BCUT2D eigenvalue weighted by Gasteiger charge is -2.37. The first-order valence-electron chi connectivity index (χ1n) is 6.24. The van der Waals surface area contributed by atoms with E-state index in [0.29, 0.717) is 13.1 Å². The summed E-state index contributed by atoms with van der Waals surface area (Å²) in [4.78, 5) is 2.18. The fourth-order valence-corrected chi connectivity index (χ4v) is 2.48. The minimum Gasteiger partial charge on any atom is -0.465 e. The molecule has 0 unspecified atom stereocenters. The van der Waals surface area contributed by atoms with Gasteiger partial charge in [0.1, 0.15) is 11.5 Å². The van der Waals surface area contributed by atoms with Gasteiger partial charge in [-0.3, -0.25) is 0 Å². The van der Waals surface area contributed by atoms with Crippen molar-refractivity contribution >= 4 is 0 Å². The molecule has 96 valence electrons. The summed E-state index contributed by atoms with van der Waals surface area (Å²) in [7, 11) is 2.06. The van der Waals surface area contributed by atoms with E-state index >= 15 is 0 Å². The summed E-state index contributed by atoms with van der Waals surface area (Å²) in [6, 6.07) is 3.93. The van der Waals surface area contributed by atoms with Crippen LogP contribution in [0.15, 0.2) is 16.5 Å². The molecule has 0 amide bonds. The highest BCUT2D eigenvalue weighted by Crippen LogP contribution is 2.19. The highest BCUT2D eigenvalue weighted by Gasteiger charge is 2.31. The van der Waals surface area contributed by atoms with Crippen molar-refractivity contribution < 1.29 is 9.52 Å². The van der Waals surface area contributed by atoms with E-state index in [1.54, 1.807) is 0 Å². The normalized spacial score (nSPS) is 26.3. The van der Waals surface area contributed by atoms with Crippen LogP contribution in [0.5, 0.6) is 0 Å². The Morgan fingerprint density at radius 1 is 1.53 bits per heavy atom. The van der Waals surface area contributed by atoms with Gasteiger partial charge < -0.3 is 19.7 Å². The van der Waals surface area contributed by atoms with Gasteiger partial charge in [-0.1, -0.05) is 0 Å². The fraction of sp³-hybridized carbons (Fsp3) is 0.692. The third kappa shape index (κ3) is 3.56. The van der Waals surface area contributed by atoms with Crippen molar-refractivity contribution in [2.45, 2.75) is 31.9 Å². The number of nitrogens with one attached hydrogen (secondary N) is 1. The quantitative estimate of drug-likeness (QED) is 0.825. The van der Waals surface area contributed by atoms with Gasteiger partial charge in [0.2, 0.25) is 0 Å². The van der Waals surface area contributed by atoms with Gasteiger partial charge in [0, 0.05) is 13.1 Å². The Kier molecular flexibility index (Phi) is 3.86. The molecule has 0 spiro atoms. The van der Waals surface area contributed by atoms with E-state index in [1.165, 1.54) is 0 Å².